The van der Waals surface area contributed by atoms with Gasteiger partial charge in [0.2, 0.25) is 0 Å². The Bertz CT molecular complexity index is 495. The van der Waals surface area contributed by atoms with E-state index in [0.717, 1.165) is 19.5 Å². The third-order valence-electron chi connectivity index (χ3n) is 3.06. The van der Waals surface area contributed by atoms with Gasteiger partial charge in [-0.3, -0.25) is 4.68 Å². The molecule has 1 aromatic heterocycles. The molecule has 19 heavy (non-hydrogen) atoms. The van der Waals surface area contributed by atoms with E-state index in [2.05, 4.69) is 55.5 Å². The molecule has 0 unspecified atom stereocenters. The summed E-state index contributed by atoms with van der Waals surface area (Å²) in [5.74, 6) is 0. The second-order valence-electron chi connectivity index (χ2n) is 5.90. The molecule has 0 saturated carbocycles. The van der Waals surface area contributed by atoms with Gasteiger partial charge in [-0.15, -0.1) is 0 Å². The van der Waals surface area contributed by atoms with Crippen molar-refractivity contribution in [2.45, 2.75) is 39.3 Å². The first-order valence-electron chi connectivity index (χ1n) is 6.84. The molecular formula is C16H23N3. The molecule has 3 nitrogen and oxygen atoms in total. The second-order valence-corrected chi connectivity index (χ2v) is 5.90. The van der Waals surface area contributed by atoms with E-state index < -0.39 is 0 Å². The van der Waals surface area contributed by atoms with Crippen molar-refractivity contribution in [1.29, 1.82) is 0 Å². The number of benzene rings is 1. The largest absolute Gasteiger partial charge is 0.312 e. The highest BCUT2D eigenvalue weighted by atomic mass is 15.3. The summed E-state index contributed by atoms with van der Waals surface area (Å²) in [6, 6.07) is 10.6. The van der Waals surface area contributed by atoms with Crippen molar-refractivity contribution < 1.29 is 0 Å². The summed E-state index contributed by atoms with van der Waals surface area (Å²) in [6.45, 7) is 8.44. The predicted octanol–water partition coefficient (Wildman–Crippen LogP) is 2.86. The zero-order chi connectivity index (χ0) is 13.7. The molecule has 2 aromatic rings. The molecule has 1 aromatic carbocycles. The van der Waals surface area contributed by atoms with Crippen molar-refractivity contribution in [2.75, 3.05) is 6.54 Å². The fraction of sp³-hybridized carbons (Fsp3) is 0.438. The third-order valence-corrected chi connectivity index (χ3v) is 3.06. The van der Waals surface area contributed by atoms with Crippen LogP contribution in [0.25, 0.3) is 0 Å². The van der Waals surface area contributed by atoms with E-state index in [-0.39, 0.29) is 5.54 Å². The Morgan fingerprint density at radius 3 is 2.47 bits per heavy atom. The Morgan fingerprint density at radius 1 is 1.11 bits per heavy atom. The van der Waals surface area contributed by atoms with Gasteiger partial charge in [-0.1, -0.05) is 24.3 Å². The quantitative estimate of drug-likeness (QED) is 0.892. The van der Waals surface area contributed by atoms with Crippen molar-refractivity contribution in [3.8, 4) is 0 Å². The zero-order valence-electron chi connectivity index (χ0n) is 12.1. The highest BCUT2D eigenvalue weighted by Gasteiger charge is 2.09. The molecule has 0 amide bonds. The van der Waals surface area contributed by atoms with E-state index in [9.17, 15) is 0 Å². The molecule has 3 heteroatoms. The lowest BCUT2D eigenvalue weighted by Crippen LogP contribution is -2.37. The molecule has 0 atom stereocenters. The molecule has 0 aliphatic heterocycles. The van der Waals surface area contributed by atoms with Crippen LogP contribution in [0.3, 0.4) is 0 Å². The number of rotatable bonds is 5. The van der Waals surface area contributed by atoms with Crippen molar-refractivity contribution in [1.82, 2.24) is 15.1 Å². The van der Waals surface area contributed by atoms with Gasteiger partial charge in [-0.25, -0.2) is 0 Å². The van der Waals surface area contributed by atoms with Crippen LogP contribution in [-0.4, -0.2) is 21.9 Å². The smallest absolute Gasteiger partial charge is 0.0662 e. The van der Waals surface area contributed by atoms with Gasteiger partial charge < -0.3 is 5.32 Å². The van der Waals surface area contributed by atoms with Crippen LogP contribution in [0.15, 0.2) is 42.7 Å². The fourth-order valence-corrected chi connectivity index (χ4v) is 2.10. The summed E-state index contributed by atoms with van der Waals surface area (Å²) in [7, 11) is 0. The lowest BCUT2D eigenvalue weighted by molar-refractivity contribution is 0.429. The monoisotopic (exact) mass is 257 g/mol. The molecule has 102 valence electrons. The third kappa shape index (κ3) is 4.52. The number of aromatic nitrogens is 2. The first-order chi connectivity index (χ1) is 9.04. The summed E-state index contributed by atoms with van der Waals surface area (Å²) in [4.78, 5) is 0. The van der Waals surface area contributed by atoms with Crippen molar-refractivity contribution in [3.63, 3.8) is 0 Å². The van der Waals surface area contributed by atoms with Crippen LogP contribution in [0.5, 0.6) is 0 Å². The molecule has 0 spiro atoms. The maximum atomic E-state index is 4.27. The minimum Gasteiger partial charge on any atom is -0.312 e. The van der Waals surface area contributed by atoms with Crippen molar-refractivity contribution in [3.05, 3.63) is 53.9 Å². The van der Waals surface area contributed by atoms with Gasteiger partial charge in [0.1, 0.15) is 0 Å². The van der Waals surface area contributed by atoms with E-state index in [4.69, 9.17) is 0 Å². The summed E-state index contributed by atoms with van der Waals surface area (Å²) in [5.41, 5.74) is 2.92. The van der Waals surface area contributed by atoms with E-state index in [1.54, 1.807) is 0 Å². The summed E-state index contributed by atoms with van der Waals surface area (Å²) in [6.07, 6.45) is 4.88. The van der Waals surface area contributed by atoms with Gasteiger partial charge in [-0.05, 0) is 50.9 Å². The summed E-state index contributed by atoms with van der Waals surface area (Å²) in [5, 5.41) is 7.81. The van der Waals surface area contributed by atoms with Crippen LogP contribution in [-0.2, 0) is 13.0 Å². The van der Waals surface area contributed by atoms with Crippen molar-refractivity contribution in [2.24, 2.45) is 0 Å². The van der Waals surface area contributed by atoms with E-state index in [1.165, 1.54) is 11.1 Å². The Kier molecular flexibility index (Phi) is 4.38. The standard InChI is InChI=1S/C16H23N3/c1-16(2,3)17-11-9-14-7-4-5-8-15(14)13-19-12-6-10-18-19/h4-8,10,12,17H,9,11,13H2,1-3H3. The zero-order valence-corrected chi connectivity index (χ0v) is 12.1. The van der Waals surface area contributed by atoms with Crippen LogP contribution in [0.2, 0.25) is 0 Å². The molecule has 0 fully saturated rings. The molecule has 0 saturated heterocycles. The van der Waals surface area contributed by atoms with Crippen LogP contribution in [0, 0.1) is 0 Å². The second kappa shape index (κ2) is 6.02. The molecule has 0 radical (unpaired) electrons. The molecule has 1 N–H and O–H groups in total. The van der Waals surface area contributed by atoms with Gasteiger partial charge in [-0.2, -0.15) is 5.10 Å². The summed E-state index contributed by atoms with van der Waals surface area (Å²) >= 11 is 0. The average Bonchev–Trinajstić information content (AvgIpc) is 2.82. The van der Waals surface area contributed by atoms with Gasteiger partial charge in [0.15, 0.2) is 0 Å². The first kappa shape index (κ1) is 13.8. The average molecular weight is 257 g/mol. The molecule has 2 rings (SSSR count). The lowest BCUT2D eigenvalue weighted by atomic mass is 10.0. The molecular weight excluding hydrogens is 234 g/mol. The maximum absolute atomic E-state index is 4.27. The lowest BCUT2D eigenvalue weighted by Gasteiger charge is -2.21. The predicted molar refractivity (Wildman–Crippen MR) is 79.2 cm³/mol. The molecule has 0 bridgehead atoms. The Morgan fingerprint density at radius 2 is 1.84 bits per heavy atom. The van der Waals surface area contributed by atoms with E-state index >= 15 is 0 Å². The van der Waals surface area contributed by atoms with Gasteiger partial charge >= 0.3 is 0 Å². The highest BCUT2D eigenvalue weighted by Crippen LogP contribution is 2.11. The van der Waals surface area contributed by atoms with Crippen molar-refractivity contribution >= 4 is 0 Å². The van der Waals surface area contributed by atoms with Crippen LogP contribution >= 0.6 is 0 Å². The number of hydrogen-bond acceptors (Lipinski definition) is 2. The SMILES string of the molecule is CC(C)(C)NCCc1ccccc1Cn1cccn1. The van der Waals surface area contributed by atoms with Gasteiger partial charge in [0, 0.05) is 17.9 Å². The van der Waals surface area contributed by atoms with E-state index in [1.807, 2.05) is 23.1 Å². The van der Waals surface area contributed by atoms with Gasteiger partial charge in [0.05, 0.1) is 6.54 Å². The number of nitrogens with one attached hydrogen (secondary N) is 1. The first-order valence-corrected chi connectivity index (χ1v) is 6.84. The fourth-order valence-electron chi connectivity index (χ4n) is 2.10. The molecule has 0 aliphatic carbocycles. The Balaban J connectivity index is 2.00. The highest BCUT2D eigenvalue weighted by molar-refractivity contribution is 5.27. The topological polar surface area (TPSA) is 29.9 Å². The number of hydrogen-bond donors (Lipinski definition) is 1. The minimum absolute atomic E-state index is 0.178. The Hall–Kier alpha value is -1.61. The molecule has 1 heterocycles. The van der Waals surface area contributed by atoms with Crippen LogP contribution < -0.4 is 5.32 Å². The summed E-state index contributed by atoms with van der Waals surface area (Å²) < 4.78 is 1.97. The van der Waals surface area contributed by atoms with Gasteiger partial charge in [0.25, 0.3) is 0 Å². The normalized spacial score (nSPS) is 11.7. The Labute approximate surface area is 115 Å². The van der Waals surface area contributed by atoms with Crippen LogP contribution in [0.4, 0.5) is 0 Å². The molecule has 0 aliphatic rings. The number of nitrogens with zero attached hydrogens (tertiary/aromatic N) is 2. The maximum Gasteiger partial charge on any atom is 0.0662 e. The van der Waals surface area contributed by atoms with E-state index in [0.29, 0.717) is 0 Å². The minimum atomic E-state index is 0.178. The van der Waals surface area contributed by atoms with Crippen LogP contribution in [0.1, 0.15) is 31.9 Å².